The highest BCUT2D eigenvalue weighted by Crippen LogP contribution is 2.25. The Hall–Kier alpha value is -7.81. The molecule has 4 atom stereocenters. The van der Waals surface area contributed by atoms with Crippen LogP contribution in [0.1, 0.15) is 123 Å². The van der Waals surface area contributed by atoms with Crippen LogP contribution >= 0.6 is 0 Å². The minimum atomic E-state index is -1.45. The summed E-state index contributed by atoms with van der Waals surface area (Å²) in [4.78, 5) is 59.9. The lowest BCUT2D eigenvalue weighted by atomic mass is 10.1. The molecule has 6 rings (SSSR count). The SMILES string of the molecule is CCN(C)C(=O)Oc1cccc([C@@H](C)OC(=O)c2ccccc2C(=O)[O-])c1.COc1cccc([C@@H](C)OC(=O)c2ccccc2C(=O)[O-])c1.C[C@@H]([NH3+])c1ccccc1.C[C@@H]([NH3+])c1ccccc1. The molecule has 352 valence electrons. The number of carboxylic acid groups (broad SMARTS) is 2. The fourth-order valence-electron chi connectivity index (χ4n) is 5.86. The maximum Gasteiger partial charge on any atom is 0.414 e. The zero-order valence-corrected chi connectivity index (χ0v) is 38.9. The molecular formula is C53H59N3O11. The van der Waals surface area contributed by atoms with Gasteiger partial charge in [-0.05, 0) is 82.1 Å². The zero-order chi connectivity index (χ0) is 49.5. The number of esters is 2. The van der Waals surface area contributed by atoms with E-state index in [4.69, 9.17) is 18.9 Å². The van der Waals surface area contributed by atoms with Crippen molar-refractivity contribution in [2.24, 2.45) is 0 Å². The monoisotopic (exact) mass is 913 g/mol. The first-order chi connectivity index (χ1) is 32.0. The third kappa shape index (κ3) is 17.6. The summed E-state index contributed by atoms with van der Waals surface area (Å²) in [6.45, 7) is 9.85. The van der Waals surface area contributed by atoms with E-state index >= 15 is 0 Å². The molecule has 0 radical (unpaired) electrons. The third-order valence-electron chi connectivity index (χ3n) is 9.92. The topological polar surface area (TPSA) is 227 Å². The van der Waals surface area contributed by atoms with Crippen LogP contribution in [0.15, 0.2) is 158 Å². The van der Waals surface area contributed by atoms with E-state index in [2.05, 4.69) is 49.6 Å². The summed E-state index contributed by atoms with van der Waals surface area (Å²) < 4.78 is 21.1. The molecule has 0 saturated carbocycles. The second-order valence-electron chi connectivity index (χ2n) is 15.1. The Balaban J connectivity index is 0.000000262. The van der Waals surface area contributed by atoms with Gasteiger partial charge in [0, 0.05) is 35.8 Å². The lowest BCUT2D eigenvalue weighted by molar-refractivity contribution is -0.420. The number of hydrogen-bond donors (Lipinski definition) is 2. The molecule has 1 amide bonds. The van der Waals surface area contributed by atoms with Crippen molar-refractivity contribution in [3.63, 3.8) is 0 Å². The average molecular weight is 914 g/mol. The van der Waals surface area contributed by atoms with Crippen molar-refractivity contribution in [2.75, 3.05) is 20.7 Å². The van der Waals surface area contributed by atoms with Crippen LogP contribution in [0.5, 0.6) is 11.5 Å². The number of methoxy groups -OCH3 is 1. The summed E-state index contributed by atoms with van der Waals surface area (Å²) in [5, 5.41) is 22.2. The molecule has 0 bridgehead atoms. The third-order valence-corrected chi connectivity index (χ3v) is 9.92. The van der Waals surface area contributed by atoms with Gasteiger partial charge in [-0.3, -0.25) is 0 Å². The number of ether oxygens (including phenoxy) is 4. The maximum absolute atomic E-state index is 12.3. The number of carbonyl (C=O) groups excluding carboxylic acids is 5. The predicted octanol–water partition coefficient (Wildman–Crippen LogP) is 6.37. The van der Waals surface area contributed by atoms with Crippen LogP contribution in [-0.4, -0.2) is 55.6 Å². The normalized spacial score (nSPS) is 11.9. The molecule has 0 fully saturated rings. The lowest BCUT2D eigenvalue weighted by Gasteiger charge is -2.17. The van der Waals surface area contributed by atoms with E-state index in [0.717, 1.165) is 5.56 Å². The van der Waals surface area contributed by atoms with Crippen LogP contribution in [0, 0.1) is 0 Å². The van der Waals surface area contributed by atoms with Crippen LogP contribution in [0.3, 0.4) is 0 Å². The molecule has 14 heteroatoms. The first kappa shape index (κ1) is 53.5. The number of amides is 1. The summed E-state index contributed by atoms with van der Waals surface area (Å²) in [7, 11) is 3.16. The Morgan fingerprint density at radius 1 is 0.507 bits per heavy atom. The van der Waals surface area contributed by atoms with Crippen LogP contribution in [0.2, 0.25) is 0 Å². The molecule has 0 aliphatic carbocycles. The van der Waals surface area contributed by atoms with Gasteiger partial charge in [-0.15, -0.1) is 0 Å². The molecule has 0 unspecified atom stereocenters. The molecule has 0 spiro atoms. The number of rotatable bonds is 13. The predicted molar refractivity (Wildman–Crippen MR) is 248 cm³/mol. The molecule has 6 aromatic rings. The van der Waals surface area contributed by atoms with Gasteiger partial charge in [0.1, 0.15) is 35.8 Å². The van der Waals surface area contributed by atoms with Gasteiger partial charge in [0.05, 0.1) is 30.2 Å². The van der Waals surface area contributed by atoms with E-state index in [1.165, 1.54) is 58.5 Å². The highest BCUT2D eigenvalue weighted by Gasteiger charge is 2.20. The maximum atomic E-state index is 12.3. The van der Waals surface area contributed by atoms with Gasteiger partial charge in [-0.25, -0.2) is 14.4 Å². The van der Waals surface area contributed by atoms with Gasteiger partial charge >= 0.3 is 18.0 Å². The number of carboxylic acids is 2. The van der Waals surface area contributed by atoms with Crippen molar-refractivity contribution in [3.8, 4) is 11.5 Å². The molecule has 0 aromatic heterocycles. The summed E-state index contributed by atoms with van der Waals surface area (Å²) in [5.74, 6) is -3.40. The fourth-order valence-corrected chi connectivity index (χ4v) is 5.86. The molecule has 67 heavy (non-hydrogen) atoms. The second-order valence-corrected chi connectivity index (χ2v) is 15.1. The minimum absolute atomic E-state index is 0.0303. The number of carbonyl (C=O) groups is 5. The van der Waals surface area contributed by atoms with Crippen molar-refractivity contribution >= 4 is 30.0 Å². The van der Waals surface area contributed by atoms with Crippen LogP contribution in [-0.2, 0) is 9.47 Å². The number of benzene rings is 6. The van der Waals surface area contributed by atoms with Crippen molar-refractivity contribution in [2.45, 2.75) is 58.9 Å². The van der Waals surface area contributed by atoms with E-state index < -0.39 is 42.2 Å². The number of hydrogen-bond acceptors (Lipinski definition) is 11. The van der Waals surface area contributed by atoms with Crippen molar-refractivity contribution in [1.82, 2.24) is 4.90 Å². The highest BCUT2D eigenvalue weighted by molar-refractivity contribution is 6.02. The van der Waals surface area contributed by atoms with Gasteiger partial charge in [-0.1, -0.05) is 121 Å². The Labute approximate surface area is 391 Å². The Bertz CT molecular complexity index is 2470. The van der Waals surface area contributed by atoms with Gasteiger partial charge in [0.15, 0.2) is 0 Å². The highest BCUT2D eigenvalue weighted by atomic mass is 16.6. The summed E-state index contributed by atoms with van der Waals surface area (Å²) >= 11 is 0. The fraction of sp³-hybridized carbons (Fsp3) is 0.226. The average Bonchev–Trinajstić information content (AvgIpc) is 3.34. The summed E-state index contributed by atoms with van der Waals surface area (Å²) in [6, 6.07) is 46.6. The van der Waals surface area contributed by atoms with Gasteiger partial charge in [0.25, 0.3) is 0 Å². The summed E-state index contributed by atoms with van der Waals surface area (Å²) in [5.41, 5.74) is 11.2. The standard InChI is InChI=1S/C20H21NO6.C17H16O5.2C8H11N/c1-4-21(3)20(25)27-15-9-7-8-14(12-15)13(2)26-19(24)17-11-6-5-10-16(17)18(22)23;1-11(12-6-5-7-13(10-12)21-2)22-17(20)15-9-4-3-8-14(15)16(18)19;2*1-7(9)8-5-3-2-4-6-8/h5-13H,4H2,1-3H3,(H,22,23);3-11H,1-2H3,(H,18,19);2*2-7H,9H2,1H3/t13-;11-;2*7-/m1111/s1. The zero-order valence-electron chi connectivity index (χ0n) is 38.9. The van der Waals surface area contributed by atoms with Gasteiger partial charge in [0.2, 0.25) is 0 Å². The molecule has 14 nitrogen and oxygen atoms in total. The molecule has 0 aliphatic rings. The van der Waals surface area contributed by atoms with E-state index in [-0.39, 0.29) is 22.3 Å². The minimum Gasteiger partial charge on any atom is -0.545 e. The largest absolute Gasteiger partial charge is 0.545 e. The molecule has 6 aromatic carbocycles. The van der Waals surface area contributed by atoms with E-state index in [1.54, 1.807) is 82.6 Å². The van der Waals surface area contributed by atoms with E-state index in [9.17, 15) is 34.2 Å². The quantitative estimate of drug-likeness (QED) is 0.121. The van der Waals surface area contributed by atoms with Crippen molar-refractivity contribution in [3.05, 3.63) is 202 Å². The Morgan fingerprint density at radius 3 is 1.19 bits per heavy atom. The lowest BCUT2D eigenvalue weighted by Crippen LogP contribution is -2.51. The molecule has 0 saturated heterocycles. The Morgan fingerprint density at radius 2 is 0.851 bits per heavy atom. The van der Waals surface area contributed by atoms with Crippen molar-refractivity contribution in [1.29, 1.82) is 0 Å². The van der Waals surface area contributed by atoms with E-state index in [0.29, 0.717) is 35.7 Å². The molecule has 0 heterocycles. The smallest absolute Gasteiger partial charge is 0.414 e. The number of nitrogens with zero attached hydrogens (tertiary/aromatic N) is 1. The Kier molecular flexibility index (Phi) is 22.0. The molecule has 0 aliphatic heterocycles. The summed E-state index contributed by atoms with van der Waals surface area (Å²) in [6.07, 6.45) is -1.73. The van der Waals surface area contributed by atoms with Crippen LogP contribution in [0.25, 0.3) is 0 Å². The molecular weight excluding hydrogens is 855 g/mol. The van der Waals surface area contributed by atoms with Crippen molar-refractivity contribution < 1.29 is 64.6 Å². The van der Waals surface area contributed by atoms with Crippen LogP contribution < -0.4 is 31.2 Å². The molecule has 6 N–H and O–H groups in total. The first-order valence-corrected chi connectivity index (χ1v) is 21.4. The second kappa shape index (κ2) is 27.5. The number of aromatic carboxylic acids is 2. The van der Waals surface area contributed by atoms with Crippen LogP contribution in [0.4, 0.5) is 4.79 Å². The van der Waals surface area contributed by atoms with Gasteiger partial charge < -0.3 is 55.1 Å². The van der Waals surface area contributed by atoms with E-state index in [1.807, 2.05) is 43.3 Å². The first-order valence-electron chi connectivity index (χ1n) is 21.4. The van der Waals surface area contributed by atoms with Gasteiger partial charge in [-0.2, -0.15) is 0 Å². The number of quaternary nitrogens is 2.